The van der Waals surface area contributed by atoms with Crippen LogP contribution in [0.3, 0.4) is 0 Å². The monoisotopic (exact) mass is 232 g/mol. The number of ether oxygens (including phenoxy) is 2. The van der Waals surface area contributed by atoms with Gasteiger partial charge in [-0.15, -0.1) is 0 Å². The predicted molar refractivity (Wildman–Crippen MR) is 52.2 cm³/mol. The smallest absolute Gasteiger partial charge is 0.122 e. The molecule has 0 aromatic heterocycles. The third-order valence-corrected chi connectivity index (χ3v) is 1.92. The fourth-order valence-corrected chi connectivity index (χ4v) is 1.09. The van der Waals surface area contributed by atoms with Gasteiger partial charge in [-0.05, 0) is 17.7 Å². The average Bonchev–Trinajstić information content (AvgIpc) is 2.15. The summed E-state index contributed by atoms with van der Waals surface area (Å²) in [4.78, 5) is 0. The summed E-state index contributed by atoms with van der Waals surface area (Å²) in [5.41, 5.74) is 0.466. The Morgan fingerprint density at radius 1 is 1.25 bits per heavy atom. The van der Waals surface area contributed by atoms with Crippen LogP contribution in [0.1, 0.15) is 8.30 Å². The van der Waals surface area contributed by atoms with Gasteiger partial charge in [0.15, 0.2) is 0 Å². The van der Waals surface area contributed by atoms with Gasteiger partial charge in [0.05, 0.1) is 14.2 Å². The topological polar surface area (TPSA) is 18.5 Å². The minimum Gasteiger partial charge on any atom is -0.497 e. The molecule has 0 N–H and O–H groups in total. The van der Waals surface area contributed by atoms with E-state index in [9.17, 15) is 0 Å². The molecule has 1 aromatic carbocycles. The van der Waals surface area contributed by atoms with Gasteiger partial charge in [-0.2, -0.15) is 0 Å². The molecule has 0 saturated carbocycles. The van der Waals surface area contributed by atoms with Crippen LogP contribution in [0.25, 0.3) is 0 Å². The first-order valence-corrected chi connectivity index (χ1v) is 4.19. The molecule has 0 fully saturated rings. The fraction of sp³-hybridized carbons (Fsp3) is 0.333. The lowest BCUT2D eigenvalue weighted by Gasteiger charge is -2.05. The maximum atomic E-state index is 7.49. The van der Waals surface area contributed by atoms with E-state index in [0.29, 0.717) is 17.1 Å². The molecule has 12 heavy (non-hydrogen) atoms. The molecule has 0 spiro atoms. The van der Waals surface area contributed by atoms with Gasteiger partial charge >= 0.3 is 0 Å². The predicted octanol–water partition coefficient (Wildman–Crippen LogP) is 2.60. The first kappa shape index (κ1) is 6.78. The molecule has 66 valence electrons. The van der Waals surface area contributed by atoms with Crippen LogP contribution < -0.4 is 9.47 Å². The molecule has 0 amide bonds. The second kappa shape index (κ2) is 4.36. The van der Waals surface area contributed by atoms with E-state index in [0.717, 1.165) is 0 Å². The third-order valence-electron chi connectivity index (χ3n) is 1.46. The zero-order valence-electron chi connectivity index (χ0n) is 8.93. The molecule has 0 unspecified atom stereocenters. The van der Waals surface area contributed by atoms with Gasteiger partial charge in [-0.25, -0.2) is 0 Å². The largest absolute Gasteiger partial charge is 0.497 e. The maximum Gasteiger partial charge on any atom is 0.122 e. The number of hydrogen-bond acceptors (Lipinski definition) is 2. The van der Waals surface area contributed by atoms with Crippen LogP contribution in [-0.4, -0.2) is 14.2 Å². The molecule has 0 aliphatic carbocycles. The van der Waals surface area contributed by atoms with Gasteiger partial charge in [0.2, 0.25) is 0 Å². The van der Waals surface area contributed by atoms with E-state index in [4.69, 9.17) is 12.2 Å². The summed E-state index contributed by atoms with van der Waals surface area (Å²) in [7, 11) is 3.06. The lowest BCUT2D eigenvalue weighted by Crippen LogP contribution is -1.89. The molecule has 2 nitrogen and oxygen atoms in total. The van der Waals surface area contributed by atoms with E-state index in [1.807, 2.05) is 0 Å². The van der Waals surface area contributed by atoms with Crippen molar-refractivity contribution in [3.63, 3.8) is 0 Å². The average molecular weight is 233 g/mol. The third kappa shape index (κ3) is 2.14. The Balaban J connectivity index is 3.17. The quantitative estimate of drug-likeness (QED) is 0.747. The number of benzene rings is 1. The molecule has 1 rings (SSSR count). The molecular formula is C9H11BrO2. The van der Waals surface area contributed by atoms with E-state index in [1.165, 1.54) is 14.2 Å². The van der Waals surface area contributed by atoms with Gasteiger partial charge in [0.25, 0.3) is 0 Å². The zero-order chi connectivity index (χ0) is 10.8. The van der Waals surface area contributed by atoms with Crippen LogP contribution in [0.15, 0.2) is 18.2 Å². The lowest BCUT2D eigenvalue weighted by atomic mass is 10.2. The van der Waals surface area contributed by atoms with E-state index in [-0.39, 0.29) is 0 Å². The number of alkyl halides is 1. The summed E-state index contributed by atoms with van der Waals surface area (Å²) in [5.74, 6) is 1.14. The Bertz CT molecular complexity index is 301. The first-order chi connectivity index (χ1) is 6.47. The summed E-state index contributed by atoms with van der Waals surface area (Å²) < 4.78 is 25.0. The van der Waals surface area contributed by atoms with E-state index >= 15 is 0 Å². The maximum absolute atomic E-state index is 7.49. The van der Waals surface area contributed by atoms with Crippen LogP contribution in [0.5, 0.6) is 11.5 Å². The number of rotatable bonds is 3. The van der Waals surface area contributed by atoms with Crippen LogP contribution in [0.4, 0.5) is 0 Å². The van der Waals surface area contributed by atoms with Crippen LogP contribution in [0.2, 0.25) is 0 Å². The molecule has 0 radical (unpaired) electrons. The first-order valence-electron chi connectivity index (χ1n) is 4.40. The van der Waals surface area contributed by atoms with Crippen molar-refractivity contribution in [1.82, 2.24) is 0 Å². The summed E-state index contributed by atoms with van der Waals surface area (Å²) in [6, 6.07) is 4.94. The fourth-order valence-electron chi connectivity index (χ4n) is 0.862. The van der Waals surface area contributed by atoms with E-state index in [1.54, 1.807) is 18.2 Å². The zero-order valence-corrected chi connectivity index (χ0v) is 8.51. The summed E-state index contributed by atoms with van der Waals surface area (Å²) >= 11 is 2.94. The SMILES string of the molecule is [2H]C([2H])(Br)c1cc(OC)cc(OC)c1. The minimum atomic E-state index is -1.57. The van der Waals surface area contributed by atoms with Crippen molar-refractivity contribution >= 4 is 15.9 Å². The highest BCUT2D eigenvalue weighted by molar-refractivity contribution is 9.08. The van der Waals surface area contributed by atoms with Crippen LogP contribution >= 0.6 is 15.9 Å². The molecule has 0 atom stereocenters. The van der Waals surface area contributed by atoms with Crippen molar-refractivity contribution in [2.45, 2.75) is 5.28 Å². The van der Waals surface area contributed by atoms with E-state index in [2.05, 4.69) is 15.9 Å². The molecule has 3 heteroatoms. The van der Waals surface area contributed by atoms with Crippen molar-refractivity contribution in [2.24, 2.45) is 0 Å². The molecule has 0 heterocycles. The van der Waals surface area contributed by atoms with Crippen molar-refractivity contribution in [2.75, 3.05) is 14.2 Å². The Morgan fingerprint density at radius 2 is 1.75 bits per heavy atom. The lowest BCUT2D eigenvalue weighted by molar-refractivity contribution is 0.393. The second-order valence-electron chi connectivity index (χ2n) is 2.20. The van der Waals surface area contributed by atoms with E-state index < -0.39 is 5.28 Å². The second-order valence-corrected chi connectivity index (χ2v) is 2.59. The van der Waals surface area contributed by atoms with Gasteiger partial charge < -0.3 is 9.47 Å². The Morgan fingerprint density at radius 3 is 2.08 bits per heavy atom. The molecule has 1 aromatic rings. The van der Waals surface area contributed by atoms with Crippen molar-refractivity contribution in [1.29, 1.82) is 0 Å². The summed E-state index contributed by atoms with van der Waals surface area (Å²) in [6.45, 7) is 0. The van der Waals surface area contributed by atoms with Gasteiger partial charge in [-0.1, -0.05) is 15.9 Å². The Labute approximate surface area is 83.4 Å². The van der Waals surface area contributed by atoms with Gasteiger partial charge in [-0.3, -0.25) is 0 Å². The minimum absolute atomic E-state index is 0.466. The number of hydrogen-bond donors (Lipinski definition) is 0. The standard InChI is InChI=1S/C9H11BrO2/c1-11-8-3-7(6-10)4-9(5-8)12-2/h3-5H,6H2,1-2H3/i6D2. The van der Waals surface area contributed by atoms with Crippen molar-refractivity contribution < 1.29 is 12.2 Å². The number of halogens is 1. The molecule has 0 aliphatic heterocycles. The van der Waals surface area contributed by atoms with Gasteiger partial charge in [0, 0.05) is 14.1 Å². The Kier molecular flexibility index (Phi) is 2.46. The summed E-state index contributed by atoms with van der Waals surface area (Å²) in [5, 5.41) is -1.57. The summed E-state index contributed by atoms with van der Waals surface area (Å²) in [6.07, 6.45) is 0. The highest BCUT2D eigenvalue weighted by Gasteiger charge is 1.99. The highest BCUT2D eigenvalue weighted by atomic mass is 79.9. The molecule has 0 saturated heterocycles. The molecule has 0 bridgehead atoms. The van der Waals surface area contributed by atoms with Crippen molar-refractivity contribution in [3.05, 3.63) is 23.8 Å². The highest BCUT2D eigenvalue weighted by Crippen LogP contribution is 2.23. The Hall–Kier alpha value is -0.700. The van der Waals surface area contributed by atoms with Gasteiger partial charge in [0.1, 0.15) is 11.5 Å². The van der Waals surface area contributed by atoms with Crippen molar-refractivity contribution in [3.8, 4) is 11.5 Å². The molecular weight excluding hydrogens is 220 g/mol. The normalized spacial score (nSPS) is 13.2. The molecule has 0 aliphatic rings. The van der Waals surface area contributed by atoms with Crippen LogP contribution in [0, 0.1) is 0 Å². The number of methoxy groups -OCH3 is 2. The van der Waals surface area contributed by atoms with Crippen LogP contribution in [-0.2, 0) is 5.28 Å².